The minimum atomic E-state index is -1.19. The quantitative estimate of drug-likeness (QED) is 0.408. The van der Waals surface area contributed by atoms with Gasteiger partial charge in [-0.1, -0.05) is 44.2 Å². The maximum atomic E-state index is 14.1. The summed E-state index contributed by atoms with van der Waals surface area (Å²) in [5.74, 6) is 0.125. The van der Waals surface area contributed by atoms with Gasteiger partial charge in [-0.15, -0.1) is 0 Å². The predicted molar refractivity (Wildman–Crippen MR) is 133 cm³/mol. The van der Waals surface area contributed by atoms with Crippen molar-refractivity contribution in [3.8, 4) is 0 Å². The molecule has 1 aromatic carbocycles. The number of ether oxygens (including phenoxy) is 1. The number of rotatable bonds is 11. The Morgan fingerprint density at radius 2 is 2.06 bits per heavy atom. The first-order valence-corrected chi connectivity index (χ1v) is 13.2. The van der Waals surface area contributed by atoms with Crippen LogP contribution in [0.5, 0.6) is 0 Å². The number of hydrogen-bond donors (Lipinski definition) is 3. The van der Waals surface area contributed by atoms with Crippen LogP contribution in [0, 0.1) is 17.7 Å². The van der Waals surface area contributed by atoms with Crippen molar-refractivity contribution >= 4 is 6.03 Å². The van der Waals surface area contributed by atoms with Gasteiger partial charge in [0.15, 0.2) is 0 Å². The molecule has 1 saturated heterocycles. The highest BCUT2D eigenvalue weighted by molar-refractivity contribution is 5.74. The molecule has 0 bridgehead atoms. The first-order chi connectivity index (χ1) is 16.5. The van der Waals surface area contributed by atoms with Crippen molar-refractivity contribution in [2.24, 2.45) is 17.6 Å². The summed E-state index contributed by atoms with van der Waals surface area (Å²) in [6.07, 6.45) is 10.9. The molecule has 2 amide bonds. The van der Waals surface area contributed by atoms with E-state index in [1.807, 2.05) is 4.90 Å². The van der Waals surface area contributed by atoms with Gasteiger partial charge in [0.05, 0.1) is 5.60 Å². The summed E-state index contributed by atoms with van der Waals surface area (Å²) < 4.78 is 19.2. The lowest BCUT2D eigenvalue weighted by molar-refractivity contribution is -0.0565. The fourth-order valence-corrected chi connectivity index (χ4v) is 5.84. The Bertz CT molecular complexity index is 758. The van der Waals surface area contributed by atoms with E-state index in [0.29, 0.717) is 44.1 Å². The van der Waals surface area contributed by atoms with Gasteiger partial charge < -0.3 is 25.8 Å². The van der Waals surface area contributed by atoms with Crippen LogP contribution in [0.1, 0.15) is 76.2 Å². The highest BCUT2D eigenvalue weighted by atomic mass is 19.1. The first-order valence-electron chi connectivity index (χ1n) is 13.2. The zero-order chi connectivity index (χ0) is 24.4. The number of piperidine rings is 1. The van der Waals surface area contributed by atoms with Crippen molar-refractivity contribution in [2.45, 2.75) is 82.3 Å². The second-order valence-electron chi connectivity index (χ2n) is 10.3. The summed E-state index contributed by atoms with van der Waals surface area (Å²) in [5, 5.41) is 15.1. The number of methoxy groups -OCH3 is 1. The number of hydrogen-bond acceptors (Lipinski definition) is 4. The van der Waals surface area contributed by atoms with Crippen molar-refractivity contribution in [1.29, 1.82) is 0 Å². The van der Waals surface area contributed by atoms with Crippen LogP contribution in [0.3, 0.4) is 0 Å². The SMILES string of the molecule is COCCCC[C@@](O)(c1cccc(F)c1)[C@@H]1CCCN(C(=O)N[C@H](CN)CC2CCCCC2)C1. The van der Waals surface area contributed by atoms with Crippen molar-refractivity contribution in [3.05, 3.63) is 35.6 Å². The van der Waals surface area contributed by atoms with Gasteiger partial charge in [0.25, 0.3) is 0 Å². The minimum absolute atomic E-state index is 0.0212. The summed E-state index contributed by atoms with van der Waals surface area (Å²) in [6.45, 7) is 2.17. The van der Waals surface area contributed by atoms with Crippen LogP contribution in [-0.4, -0.2) is 55.4 Å². The summed E-state index contributed by atoms with van der Waals surface area (Å²) >= 11 is 0. The molecule has 3 atom stereocenters. The number of carbonyl (C=O) groups is 1. The molecule has 3 rings (SSSR count). The van der Waals surface area contributed by atoms with Crippen LogP contribution >= 0.6 is 0 Å². The number of likely N-dealkylation sites (tertiary alicyclic amines) is 1. The highest BCUT2D eigenvalue weighted by Gasteiger charge is 2.41. The number of urea groups is 1. The minimum Gasteiger partial charge on any atom is -0.385 e. The topological polar surface area (TPSA) is 87.8 Å². The molecule has 1 heterocycles. The van der Waals surface area contributed by atoms with Crippen molar-refractivity contribution in [3.63, 3.8) is 0 Å². The van der Waals surface area contributed by atoms with Crippen molar-refractivity contribution in [2.75, 3.05) is 33.4 Å². The summed E-state index contributed by atoms with van der Waals surface area (Å²) in [4.78, 5) is 15.0. The van der Waals surface area contributed by atoms with Crippen LogP contribution in [0.2, 0.25) is 0 Å². The fourth-order valence-electron chi connectivity index (χ4n) is 5.84. The molecule has 6 nitrogen and oxygen atoms in total. The van der Waals surface area contributed by atoms with Gasteiger partial charge in [0, 0.05) is 45.3 Å². The molecule has 0 unspecified atom stereocenters. The standard InChI is InChI=1S/C27H44FN3O3/c1-34-16-6-5-14-27(33,22-11-7-13-24(28)18-22)23-12-8-15-31(20-23)26(32)30-25(19-29)17-21-9-3-2-4-10-21/h7,11,13,18,21,23,25,33H,2-6,8-10,12,14-17,19-20,29H2,1H3,(H,30,32)/t23-,25+,27-/m1/s1. The molecule has 1 saturated carbocycles. The van der Waals surface area contributed by atoms with Crippen LogP contribution in [0.15, 0.2) is 24.3 Å². The van der Waals surface area contributed by atoms with Crippen molar-refractivity contribution < 1.29 is 19.0 Å². The average Bonchev–Trinajstić information content (AvgIpc) is 2.86. The second kappa shape index (κ2) is 13.4. The van der Waals surface area contributed by atoms with Crippen LogP contribution < -0.4 is 11.1 Å². The van der Waals surface area contributed by atoms with Gasteiger partial charge in [0.1, 0.15) is 5.82 Å². The number of halogens is 1. The molecule has 0 radical (unpaired) electrons. The van der Waals surface area contributed by atoms with Crippen molar-refractivity contribution in [1.82, 2.24) is 10.2 Å². The van der Waals surface area contributed by atoms with Gasteiger partial charge in [-0.05, 0) is 62.1 Å². The Morgan fingerprint density at radius 1 is 1.26 bits per heavy atom. The van der Waals surface area contributed by atoms with E-state index in [1.54, 1.807) is 19.2 Å². The lowest BCUT2D eigenvalue weighted by Crippen LogP contribution is -2.53. The smallest absolute Gasteiger partial charge is 0.317 e. The Hall–Kier alpha value is -1.70. The lowest BCUT2D eigenvalue weighted by atomic mass is 9.74. The molecule has 2 fully saturated rings. The highest BCUT2D eigenvalue weighted by Crippen LogP contribution is 2.40. The maximum Gasteiger partial charge on any atom is 0.317 e. The van der Waals surface area contributed by atoms with E-state index in [9.17, 15) is 14.3 Å². The Kier molecular flexibility index (Phi) is 10.6. The molecule has 192 valence electrons. The van der Waals surface area contributed by atoms with Crippen LogP contribution in [-0.2, 0) is 10.3 Å². The largest absolute Gasteiger partial charge is 0.385 e. The summed E-state index contributed by atoms with van der Waals surface area (Å²) in [5.41, 5.74) is 5.42. The third-order valence-corrected chi connectivity index (χ3v) is 7.82. The number of amides is 2. The number of nitrogens with one attached hydrogen (secondary N) is 1. The van der Waals surface area contributed by atoms with Gasteiger partial charge >= 0.3 is 6.03 Å². The first kappa shape index (κ1) is 26.9. The molecule has 1 aliphatic carbocycles. The van der Waals surface area contributed by atoms with Crippen LogP contribution in [0.25, 0.3) is 0 Å². The van der Waals surface area contributed by atoms with Gasteiger partial charge in [-0.3, -0.25) is 0 Å². The second-order valence-corrected chi connectivity index (χ2v) is 10.3. The van der Waals surface area contributed by atoms with Gasteiger partial charge in [-0.25, -0.2) is 9.18 Å². The molecule has 34 heavy (non-hydrogen) atoms. The molecular weight excluding hydrogens is 433 g/mol. The zero-order valence-electron chi connectivity index (χ0n) is 20.8. The fraction of sp³-hybridized carbons (Fsp3) is 0.741. The lowest BCUT2D eigenvalue weighted by Gasteiger charge is -2.43. The number of nitrogens with two attached hydrogens (primary N) is 1. The van der Waals surface area contributed by atoms with Gasteiger partial charge in [-0.2, -0.15) is 0 Å². The number of unbranched alkanes of at least 4 members (excludes halogenated alkanes) is 1. The molecule has 2 aliphatic rings. The van der Waals surface area contributed by atoms with E-state index in [0.717, 1.165) is 32.1 Å². The third kappa shape index (κ3) is 7.40. The molecule has 4 N–H and O–H groups in total. The maximum absolute atomic E-state index is 14.1. The van der Waals surface area contributed by atoms with E-state index in [1.165, 1.54) is 44.2 Å². The molecule has 0 spiro atoms. The summed E-state index contributed by atoms with van der Waals surface area (Å²) in [7, 11) is 1.67. The number of benzene rings is 1. The predicted octanol–water partition coefficient (Wildman–Crippen LogP) is 4.55. The Balaban J connectivity index is 1.66. The van der Waals surface area contributed by atoms with E-state index in [2.05, 4.69) is 5.32 Å². The Morgan fingerprint density at radius 3 is 2.76 bits per heavy atom. The summed E-state index contributed by atoms with van der Waals surface area (Å²) in [6, 6.07) is 6.16. The monoisotopic (exact) mass is 477 g/mol. The van der Waals surface area contributed by atoms with Crippen LogP contribution in [0.4, 0.5) is 9.18 Å². The normalized spacial score (nSPS) is 22.2. The molecule has 0 aromatic heterocycles. The van der Waals surface area contributed by atoms with E-state index >= 15 is 0 Å². The molecule has 1 aromatic rings. The zero-order valence-corrected chi connectivity index (χ0v) is 20.8. The Labute approximate surface area is 204 Å². The van der Waals surface area contributed by atoms with Gasteiger partial charge in [0.2, 0.25) is 0 Å². The third-order valence-electron chi connectivity index (χ3n) is 7.82. The average molecular weight is 478 g/mol. The number of carbonyl (C=O) groups excluding carboxylic acids is 1. The number of nitrogens with zero attached hydrogens (tertiary/aromatic N) is 1. The molecule has 1 aliphatic heterocycles. The van der Waals surface area contributed by atoms with E-state index in [-0.39, 0.29) is 23.8 Å². The van der Waals surface area contributed by atoms with E-state index in [4.69, 9.17) is 10.5 Å². The van der Waals surface area contributed by atoms with E-state index < -0.39 is 5.60 Å². The number of aliphatic hydroxyl groups is 1. The molecular formula is C27H44FN3O3. The molecule has 7 heteroatoms.